The number of halogens is 1. The maximum absolute atomic E-state index is 13.2. The molecule has 1 N–H and O–H groups in total. The molecule has 4 nitrogen and oxygen atoms in total. The van der Waals surface area contributed by atoms with E-state index >= 15 is 0 Å². The van der Waals surface area contributed by atoms with Crippen molar-refractivity contribution in [1.82, 2.24) is 14.8 Å². The van der Waals surface area contributed by atoms with Gasteiger partial charge in [0, 0.05) is 0 Å². The molecule has 0 saturated heterocycles. The summed E-state index contributed by atoms with van der Waals surface area (Å²) in [6, 6.07) is 17.1. The first-order chi connectivity index (χ1) is 10.8. The van der Waals surface area contributed by atoms with Gasteiger partial charge >= 0.3 is 0 Å². The third-order valence-electron chi connectivity index (χ3n) is 4.09. The standard InChI is InChI=1S/C17H15FN4/c18-14-8-6-13(7-9-14)16-10-15(12-4-2-1-3-5-12)21-17-19-11-20-22(16)17/h1-9,11,15-16H,10H2,(H,19,20,21)/t15-,16+/m1/s1. The van der Waals surface area contributed by atoms with Crippen LogP contribution in [0, 0.1) is 5.82 Å². The summed E-state index contributed by atoms with van der Waals surface area (Å²) in [5, 5.41) is 7.73. The van der Waals surface area contributed by atoms with E-state index in [0.29, 0.717) is 0 Å². The van der Waals surface area contributed by atoms with Crippen LogP contribution in [0.4, 0.5) is 10.3 Å². The minimum atomic E-state index is -0.226. The Hall–Kier alpha value is -2.69. The van der Waals surface area contributed by atoms with Crippen LogP contribution in [0.2, 0.25) is 0 Å². The van der Waals surface area contributed by atoms with E-state index in [0.717, 1.165) is 17.9 Å². The molecule has 0 bridgehead atoms. The zero-order chi connectivity index (χ0) is 14.9. The molecule has 2 atom stereocenters. The van der Waals surface area contributed by atoms with Gasteiger partial charge in [0.2, 0.25) is 5.95 Å². The highest BCUT2D eigenvalue weighted by molar-refractivity contribution is 5.38. The molecule has 0 aliphatic carbocycles. The van der Waals surface area contributed by atoms with E-state index in [9.17, 15) is 4.39 Å². The van der Waals surface area contributed by atoms with Crippen molar-refractivity contribution in [2.24, 2.45) is 0 Å². The van der Waals surface area contributed by atoms with Crippen molar-refractivity contribution in [3.05, 3.63) is 77.9 Å². The van der Waals surface area contributed by atoms with E-state index in [4.69, 9.17) is 0 Å². The molecule has 0 spiro atoms. The van der Waals surface area contributed by atoms with E-state index in [1.807, 2.05) is 35.0 Å². The van der Waals surface area contributed by atoms with Crippen LogP contribution < -0.4 is 5.32 Å². The topological polar surface area (TPSA) is 42.7 Å². The molecule has 2 aromatic carbocycles. The van der Waals surface area contributed by atoms with Crippen molar-refractivity contribution in [3.8, 4) is 0 Å². The van der Waals surface area contributed by atoms with Crippen LogP contribution >= 0.6 is 0 Å². The Bertz CT molecular complexity index is 767. The second-order valence-corrected chi connectivity index (χ2v) is 5.44. The lowest BCUT2D eigenvalue weighted by Crippen LogP contribution is -2.28. The van der Waals surface area contributed by atoms with Gasteiger partial charge in [-0.1, -0.05) is 42.5 Å². The van der Waals surface area contributed by atoms with Crippen LogP contribution in [0.1, 0.15) is 29.6 Å². The molecule has 1 aliphatic rings. The lowest BCUT2D eigenvalue weighted by atomic mass is 9.93. The smallest absolute Gasteiger partial charge is 0.222 e. The van der Waals surface area contributed by atoms with Gasteiger partial charge in [-0.05, 0) is 29.7 Å². The van der Waals surface area contributed by atoms with Gasteiger partial charge in [-0.3, -0.25) is 0 Å². The van der Waals surface area contributed by atoms with Crippen molar-refractivity contribution < 1.29 is 4.39 Å². The minimum absolute atomic E-state index is 0.0459. The highest BCUT2D eigenvalue weighted by Gasteiger charge is 2.29. The Morgan fingerprint density at radius 2 is 1.77 bits per heavy atom. The Morgan fingerprint density at radius 1 is 1.00 bits per heavy atom. The molecular weight excluding hydrogens is 279 g/mol. The molecule has 110 valence electrons. The fourth-order valence-electron chi connectivity index (χ4n) is 2.99. The van der Waals surface area contributed by atoms with Gasteiger partial charge in [0.25, 0.3) is 0 Å². The van der Waals surface area contributed by atoms with Gasteiger partial charge < -0.3 is 5.32 Å². The summed E-state index contributed by atoms with van der Waals surface area (Å²) in [5.41, 5.74) is 2.25. The highest BCUT2D eigenvalue weighted by atomic mass is 19.1. The summed E-state index contributed by atoms with van der Waals surface area (Å²) in [4.78, 5) is 4.29. The lowest BCUT2D eigenvalue weighted by molar-refractivity contribution is 0.430. The fourth-order valence-corrected chi connectivity index (χ4v) is 2.99. The van der Waals surface area contributed by atoms with Crippen LogP contribution in [-0.4, -0.2) is 14.8 Å². The van der Waals surface area contributed by atoms with E-state index < -0.39 is 0 Å². The zero-order valence-electron chi connectivity index (χ0n) is 11.9. The van der Waals surface area contributed by atoms with Gasteiger partial charge in [0.05, 0.1) is 12.1 Å². The SMILES string of the molecule is Fc1ccc([C@@H]2C[C@H](c3ccccc3)Nc3ncnn32)cc1. The molecule has 2 heterocycles. The number of nitrogens with one attached hydrogen (secondary N) is 1. The van der Waals surface area contributed by atoms with Crippen LogP contribution in [0.5, 0.6) is 0 Å². The monoisotopic (exact) mass is 294 g/mol. The van der Waals surface area contributed by atoms with Crippen molar-refractivity contribution in [3.63, 3.8) is 0 Å². The van der Waals surface area contributed by atoms with Crippen LogP contribution in [0.3, 0.4) is 0 Å². The van der Waals surface area contributed by atoms with Crippen LogP contribution in [-0.2, 0) is 0 Å². The van der Waals surface area contributed by atoms with Gasteiger partial charge in [0.1, 0.15) is 12.1 Å². The van der Waals surface area contributed by atoms with Crippen molar-refractivity contribution in [2.45, 2.75) is 18.5 Å². The van der Waals surface area contributed by atoms with E-state index in [-0.39, 0.29) is 17.9 Å². The summed E-state index contributed by atoms with van der Waals surface area (Å²) >= 11 is 0. The molecule has 0 amide bonds. The molecular formula is C17H15FN4. The molecule has 0 unspecified atom stereocenters. The van der Waals surface area contributed by atoms with Crippen molar-refractivity contribution in [1.29, 1.82) is 0 Å². The minimum Gasteiger partial charge on any atom is -0.348 e. The van der Waals surface area contributed by atoms with Gasteiger partial charge in [-0.25, -0.2) is 9.07 Å². The molecule has 4 rings (SSSR count). The first-order valence-corrected chi connectivity index (χ1v) is 7.28. The number of anilines is 1. The molecule has 1 aromatic heterocycles. The second kappa shape index (κ2) is 5.26. The summed E-state index contributed by atoms with van der Waals surface area (Å²) in [6.45, 7) is 0. The molecule has 22 heavy (non-hydrogen) atoms. The maximum atomic E-state index is 13.2. The summed E-state index contributed by atoms with van der Waals surface area (Å²) in [5.74, 6) is 0.519. The summed E-state index contributed by atoms with van der Waals surface area (Å²) < 4.78 is 15.1. The van der Waals surface area contributed by atoms with Crippen LogP contribution in [0.15, 0.2) is 60.9 Å². The molecule has 3 aromatic rings. The second-order valence-electron chi connectivity index (χ2n) is 5.44. The molecule has 1 aliphatic heterocycles. The van der Waals surface area contributed by atoms with E-state index in [1.165, 1.54) is 17.7 Å². The normalized spacial score (nSPS) is 20.2. The average molecular weight is 294 g/mol. The quantitative estimate of drug-likeness (QED) is 0.786. The van der Waals surface area contributed by atoms with Gasteiger partial charge in [0.15, 0.2) is 0 Å². The summed E-state index contributed by atoms with van der Waals surface area (Å²) in [7, 11) is 0. The number of benzene rings is 2. The summed E-state index contributed by atoms with van der Waals surface area (Å²) in [6.07, 6.45) is 2.39. The molecule has 0 fully saturated rings. The van der Waals surface area contributed by atoms with E-state index in [1.54, 1.807) is 6.33 Å². The lowest BCUT2D eigenvalue weighted by Gasteiger charge is -2.31. The fraction of sp³-hybridized carbons (Fsp3) is 0.176. The van der Waals surface area contributed by atoms with Gasteiger partial charge in [-0.15, -0.1) is 0 Å². The first kappa shape index (κ1) is 13.0. The number of rotatable bonds is 2. The average Bonchev–Trinajstić information content (AvgIpc) is 3.04. The van der Waals surface area contributed by atoms with Crippen molar-refractivity contribution in [2.75, 3.05) is 5.32 Å². The van der Waals surface area contributed by atoms with Gasteiger partial charge in [-0.2, -0.15) is 10.1 Å². The number of nitrogens with zero attached hydrogens (tertiary/aromatic N) is 3. The molecule has 0 radical (unpaired) electrons. The predicted molar refractivity (Wildman–Crippen MR) is 82.0 cm³/mol. The Balaban J connectivity index is 1.73. The zero-order valence-corrected chi connectivity index (χ0v) is 11.9. The Kier molecular flexibility index (Phi) is 3.11. The predicted octanol–water partition coefficient (Wildman–Crippen LogP) is 3.56. The Morgan fingerprint density at radius 3 is 2.55 bits per heavy atom. The number of hydrogen-bond donors (Lipinski definition) is 1. The number of aromatic nitrogens is 3. The third kappa shape index (κ3) is 2.24. The Labute approximate surface area is 127 Å². The van der Waals surface area contributed by atoms with E-state index in [2.05, 4.69) is 27.5 Å². The molecule has 5 heteroatoms. The number of hydrogen-bond acceptors (Lipinski definition) is 3. The highest BCUT2D eigenvalue weighted by Crippen LogP contribution is 2.37. The molecule has 0 saturated carbocycles. The largest absolute Gasteiger partial charge is 0.348 e. The maximum Gasteiger partial charge on any atom is 0.222 e. The van der Waals surface area contributed by atoms with Crippen molar-refractivity contribution >= 4 is 5.95 Å². The first-order valence-electron chi connectivity index (χ1n) is 7.28. The number of fused-ring (bicyclic) bond motifs is 1. The van der Waals surface area contributed by atoms with Crippen LogP contribution in [0.25, 0.3) is 0 Å². The third-order valence-corrected chi connectivity index (χ3v) is 4.09.